The van der Waals surface area contributed by atoms with Gasteiger partial charge in [0.2, 0.25) is 5.89 Å². The van der Waals surface area contributed by atoms with Crippen molar-refractivity contribution in [2.75, 3.05) is 12.4 Å². The molecule has 0 aliphatic heterocycles. The number of methoxy groups -OCH3 is 1. The summed E-state index contributed by atoms with van der Waals surface area (Å²) < 4.78 is 11.0. The number of benzene rings is 1. The first-order valence-corrected chi connectivity index (χ1v) is 8.73. The van der Waals surface area contributed by atoms with Crippen LogP contribution in [-0.2, 0) is 0 Å². The van der Waals surface area contributed by atoms with E-state index in [0.29, 0.717) is 23.2 Å². The SMILES string of the molecule is COc1ccc(/C=C/c2ncc(-c3cccc(Nc4ccccn4)n3)o2)cc1. The fourth-order valence-corrected chi connectivity index (χ4v) is 2.58. The van der Waals surface area contributed by atoms with E-state index in [4.69, 9.17) is 9.15 Å². The van der Waals surface area contributed by atoms with Gasteiger partial charge in [0, 0.05) is 12.3 Å². The average Bonchev–Trinajstić information content (AvgIpc) is 3.23. The number of pyridine rings is 2. The number of hydrogen-bond acceptors (Lipinski definition) is 6. The van der Waals surface area contributed by atoms with Gasteiger partial charge < -0.3 is 14.5 Å². The molecule has 138 valence electrons. The van der Waals surface area contributed by atoms with Crippen LogP contribution in [0.1, 0.15) is 11.5 Å². The molecule has 6 heteroatoms. The van der Waals surface area contributed by atoms with E-state index in [1.54, 1.807) is 19.5 Å². The molecule has 1 aromatic carbocycles. The van der Waals surface area contributed by atoms with Gasteiger partial charge in [-0.1, -0.05) is 24.3 Å². The summed E-state index contributed by atoms with van der Waals surface area (Å²) in [5.74, 6) is 3.34. The van der Waals surface area contributed by atoms with Crippen molar-refractivity contribution in [3.05, 3.63) is 84.5 Å². The molecule has 0 amide bonds. The lowest BCUT2D eigenvalue weighted by Crippen LogP contribution is -1.95. The van der Waals surface area contributed by atoms with E-state index in [1.807, 2.05) is 72.8 Å². The van der Waals surface area contributed by atoms with Gasteiger partial charge in [-0.05, 0) is 48.0 Å². The Morgan fingerprint density at radius 3 is 2.54 bits per heavy atom. The maximum atomic E-state index is 5.81. The second kappa shape index (κ2) is 8.18. The minimum absolute atomic E-state index is 0.510. The lowest BCUT2D eigenvalue weighted by Gasteiger charge is -2.05. The van der Waals surface area contributed by atoms with Crippen LogP contribution >= 0.6 is 0 Å². The van der Waals surface area contributed by atoms with Crippen LogP contribution < -0.4 is 10.1 Å². The third-order valence-corrected chi connectivity index (χ3v) is 3.98. The molecule has 0 radical (unpaired) electrons. The van der Waals surface area contributed by atoms with Crippen LogP contribution in [0.3, 0.4) is 0 Å². The lowest BCUT2D eigenvalue weighted by molar-refractivity contribution is 0.415. The van der Waals surface area contributed by atoms with Crippen LogP contribution in [0, 0.1) is 0 Å². The molecule has 0 bridgehead atoms. The van der Waals surface area contributed by atoms with Crippen LogP contribution in [0.15, 0.2) is 77.5 Å². The third kappa shape index (κ3) is 4.24. The second-order valence-corrected chi connectivity index (χ2v) is 5.92. The van der Waals surface area contributed by atoms with Crippen molar-refractivity contribution >= 4 is 23.8 Å². The zero-order chi connectivity index (χ0) is 19.2. The molecule has 0 fully saturated rings. The minimum atomic E-state index is 0.510. The Balaban J connectivity index is 1.49. The van der Waals surface area contributed by atoms with Crippen molar-refractivity contribution in [1.82, 2.24) is 15.0 Å². The number of oxazole rings is 1. The Morgan fingerprint density at radius 2 is 1.75 bits per heavy atom. The van der Waals surface area contributed by atoms with Crippen LogP contribution in [0.25, 0.3) is 23.6 Å². The molecule has 4 rings (SSSR count). The summed E-state index contributed by atoms with van der Waals surface area (Å²) in [5, 5.41) is 3.17. The lowest BCUT2D eigenvalue weighted by atomic mass is 10.2. The van der Waals surface area contributed by atoms with Crippen LogP contribution in [0.5, 0.6) is 5.75 Å². The van der Waals surface area contributed by atoms with Crippen molar-refractivity contribution < 1.29 is 9.15 Å². The Morgan fingerprint density at radius 1 is 0.893 bits per heavy atom. The highest BCUT2D eigenvalue weighted by Gasteiger charge is 2.07. The van der Waals surface area contributed by atoms with Crippen molar-refractivity contribution in [3.8, 4) is 17.2 Å². The molecule has 3 heterocycles. The monoisotopic (exact) mass is 370 g/mol. The highest BCUT2D eigenvalue weighted by molar-refractivity contribution is 5.67. The summed E-state index contributed by atoms with van der Waals surface area (Å²) >= 11 is 0. The fourth-order valence-electron chi connectivity index (χ4n) is 2.58. The third-order valence-electron chi connectivity index (χ3n) is 3.98. The van der Waals surface area contributed by atoms with Gasteiger partial charge in [0.25, 0.3) is 0 Å². The number of nitrogens with one attached hydrogen (secondary N) is 1. The van der Waals surface area contributed by atoms with Gasteiger partial charge >= 0.3 is 0 Å². The summed E-state index contributed by atoms with van der Waals surface area (Å²) in [6.45, 7) is 0. The van der Waals surface area contributed by atoms with Gasteiger partial charge in [-0.3, -0.25) is 0 Å². The molecule has 4 aromatic rings. The van der Waals surface area contributed by atoms with Crippen LogP contribution in [0.2, 0.25) is 0 Å². The maximum absolute atomic E-state index is 5.81. The molecule has 0 spiro atoms. The predicted octanol–water partition coefficient (Wildman–Crippen LogP) is 5.05. The van der Waals surface area contributed by atoms with Gasteiger partial charge in [-0.25, -0.2) is 15.0 Å². The normalized spacial score (nSPS) is 10.9. The quantitative estimate of drug-likeness (QED) is 0.512. The first-order valence-electron chi connectivity index (χ1n) is 8.73. The smallest absolute Gasteiger partial charge is 0.219 e. The van der Waals surface area contributed by atoms with Crippen molar-refractivity contribution in [1.29, 1.82) is 0 Å². The number of aromatic nitrogens is 3. The summed E-state index contributed by atoms with van der Waals surface area (Å²) in [7, 11) is 1.65. The van der Waals surface area contributed by atoms with Crippen molar-refractivity contribution in [2.45, 2.75) is 0 Å². The molecule has 0 aliphatic rings. The highest BCUT2D eigenvalue weighted by atomic mass is 16.5. The molecular formula is C22H18N4O2. The van der Waals surface area contributed by atoms with Gasteiger partial charge in [-0.2, -0.15) is 0 Å². The predicted molar refractivity (Wildman–Crippen MR) is 109 cm³/mol. The largest absolute Gasteiger partial charge is 0.497 e. The van der Waals surface area contributed by atoms with E-state index in [1.165, 1.54) is 0 Å². The van der Waals surface area contributed by atoms with E-state index in [-0.39, 0.29) is 0 Å². The topological polar surface area (TPSA) is 73.1 Å². The molecule has 1 N–H and O–H groups in total. The van der Waals surface area contributed by atoms with E-state index in [2.05, 4.69) is 20.3 Å². The molecule has 0 unspecified atom stereocenters. The summed E-state index contributed by atoms with van der Waals surface area (Å²) in [6, 6.07) is 19.1. The molecule has 0 aliphatic carbocycles. The number of nitrogens with zero attached hydrogens (tertiary/aromatic N) is 3. The molecule has 0 saturated heterocycles. The molecule has 6 nitrogen and oxygen atoms in total. The average molecular weight is 370 g/mol. The first kappa shape index (κ1) is 17.5. The fraction of sp³-hybridized carbons (Fsp3) is 0.0455. The zero-order valence-corrected chi connectivity index (χ0v) is 15.2. The van der Waals surface area contributed by atoms with Gasteiger partial charge in [0.15, 0.2) is 5.76 Å². The molecule has 28 heavy (non-hydrogen) atoms. The Hall–Kier alpha value is -3.93. The van der Waals surface area contributed by atoms with E-state index in [9.17, 15) is 0 Å². The Bertz CT molecular complexity index is 1070. The summed E-state index contributed by atoms with van der Waals surface area (Å²) in [4.78, 5) is 13.1. The van der Waals surface area contributed by atoms with Crippen molar-refractivity contribution in [3.63, 3.8) is 0 Å². The van der Waals surface area contributed by atoms with E-state index in [0.717, 1.165) is 17.1 Å². The number of hydrogen-bond donors (Lipinski definition) is 1. The number of rotatable bonds is 6. The van der Waals surface area contributed by atoms with Crippen molar-refractivity contribution in [2.24, 2.45) is 0 Å². The van der Waals surface area contributed by atoms with Gasteiger partial charge in [0.1, 0.15) is 23.1 Å². The Labute approximate surface area is 162 Å². The second-order valence-electron chi connectivity index (χ2n) is 5.92. The van der Waals surface area contributed by atoms with Gasteiger partial charge in [0.05, 0.1) is 13.3 Å². The maximum Gasteiger partial charge on any atom is 0.219 e. The molecular weight excluding hydrogens is 352 g/mol. The first-order chi connectivity index (χ1) is 13.8. The summed E-state index contributed by atoms with van der Waals surface area (Å²) in [5.41, 5.74) is 1.72. The molecule has 0 saturated carbocycles. The zero-order valence-electron chi connectivity index (χ0n) is 15.2. The molecule has 3 aromatic heterocycles. The standard InChI is InChI=1S/C22H18N4O2/c1-27-17-11-8-16(9-12-17)10-13-22-24-15-19(28-22)18-5-4-7-21(25-18)26-20-6-2-3-14-23-20/h2-15H,1H3,(H,23,25,26)/b13-10+. The van der Waals surface area contributed by atoms with E-state index >= 15 is 0 Å². The van der Waals surface area contributed by atoms with Gasteiger partial charge in [-0.15, -0.1) is 0 Å². The van der Waals surface area contributed by atoms with Crippen LogP contribution in [-0.4, -0.2) is 22.1 Å². The highest BCUT2D eigenvalue weighted by Crippen LogP contribution is 2.22. The number of anilines is 2. The van der Waals surface area contributed by atoms with E-state index < -0.39 is 0 Å². The minimum Gasteiger partial charge on any atom is -0.497 e. The van der Waals surface area contributed by atoms with Crippen LogP contribution in [0.4, 0.5) is 11.6 Å². The summed E-state index contributed by atoms with van der Waals surface area (Å²) in [6.07, 6.45) is 7.15. The number of ether oxygens (including phenoxy) is 1. The Kier molecular flexibility index (Phi) is 5.11. The molecule has 0 atom stereocenters.